The van der Waals surface area contributed by atoms with Gasteiger partial charge >= 0.3 is 6.03 Å². The fraction of sp³-hybridized carbons (Fsp3) is 0.0667. The molecular weight excluding hydrogens is 305 g/mol. The van der Waals surface area contributed by atoms with E-state index in [-0.39, 0.29) is 12.4 Å². The molecule has 5 nitrogen and oxygen atoms in total. The molecule has 0 saturated heterocycles. The smallest absolute Gasteiger partial charge is 0.332 e. The predicted molar refractivity (Wildman–Crippen MR) is 85.1 cm³/mol. The first-order valence-corrected chi connectivity index (χ1v) is 6.78. The second-order valence-electron chi connectivity index (χ2n) is 4.51. The number of nitrogens with two attached hydrogens (primary N) is 1. The summed E-state index contributed by atoms with van der Waals surface area (Å²) >= 11 is 4.11. The maximum absolute atomic E-state index is 12.8. The van der Waals surface area contributed by atoms with Crippen LogP contribution in [0.15, 0.2) is 48.5 Å². The highest BCUT2D eigenvalue weighted by Crippen LogP contribution is 2.17. The van der Waals surface area contributed by atoms with Crippen molar-refractivity contribution in [2.24, 2.45) is 5.73 Å². The molecule has 3 N–H and O–H groups in total. The minimum atomic E-state index is -0.543. The Kier molecular flexibility index (Phi) is 5.00. The third-order valence-corrected chi connectivity index (χ3v) is 3.36. The van der Waals surface area contributed by atoms with Crippen LogP contribution in [-0.4, -0.2) is 11.9 Å². The summed E-state index contributed by atoms with van der Waals surface area (Å²) in [4.78, 5) is 23.0. The summed E-state index contributed by atoms with van der Waals surface area (Å²) in [6.07, 6.45) is 0. The van der Waals surface area contributed by atoms with Crippen LogP contribution in [0.2, 0.25) is 0 Å². The molecule has 7 heteroatoms. The van der Waals surface area contributed by atoms with Gasteiger partial charge in [-0.25, -0.2) is 13.5 Å². The van der Waals surface area contributed by atoms with Crippen LogP contribution < -0.4 is 15.4 Å². The fourth-order valence-electron chi connectivity index (χ4n) is 1.74. The van der Waals surface area contributed by atoms with Crippen molar-refractivity contribution in [1.82, 2.24) is 5.32 Å². The molecule has 0 bridgehead atoms. The third kappa shape index (κ3) is 3.98. The van der Waals surface area contributed by atoms with E-state index in [9.17, 15) is 14.0 Å². The molecular formula is C15H14FN3O2S. The van der Waals surface area contributed by atoms with Gasteiger partial charge in [-0.1, -0.05) is 24.9 Å². The number of hydrogen-bond acceptors (Lipinski definition) is 3. The average molecular weight is 319 g/mol. The summed E-state index contributed by atoms with van der Waals surface area (Å²) in [5, 5.41) is 2.65. The van der Waals surface area contributed by atoms with E-state index in [0.29, 0.717) is 11.3 Å². The topological polar surface area (TPSA) is 75.4 Å². The maximum Gasteiger partial charge on any atom is 0.332 e. The largest absolute Gasteiger partial charge is 0.366 e. The quantitative estimate of drug-likeness (QED) is 0.757. The number of benzene rings is 2. The Morgan fingerprint density at radius 2 is 1.68 bits per heavy atom. The van der Waals surface area contributed by atoms with E-state index in [1.807, 2.05) is 0 Å². The number of carbonyl (C=O) groups is 2. The lowest BCUT2D eigenvalue weighted by Crippen LogP contribution is -2.33. The van der Waals surface area contributed by atoms with Crippen LogP contribution in [0.1, 0.15) is 15.9 Å². The Bertz CT molecular complexity index is 674. The molecule has 0 heterocycles. The Hall–Kier alpha value is -2.54. The lowest BCUT2D eigenvalue weighted by molar-refractivity contribution is 0.100. The van der Waals surface area contributed by atoms with E-state index < -0.39 is 11.9 Å². The molecule has 0 aliphatic rings. The van der Waals surface area contributed by atoms with Crippen molar-refractivity contribution in [3.05, 3.63) is 65.5 Å². The highest BCUT2D eigenvalue weighted by atomic mass is 32.1. The van der Waals surface area contributed by atoms with Gasteiger partial charge in [-0.05, 0) is 42.0 Å². The van der Waals surface area contributed by atoms with Crippen molar-refractivity contribution in [2.75, 3.05) is 4.31 Å². The zero-order valence-electron chi connectivity index (χ0n) is 11.5. The van der Waals surface area contributed by atoms with E-state index in [0.717, 1.165) is 9.87 Å². The van der Waals surface area contributed by atoms with Crippen LogP contribution in [0.3, 0.4) is 0 Å². The van der Waals surface area contributed by atoms with Gasteiger partial charge in [0.1, 0.15) is 5.82 Å². The summed E-state index contributed by atoms with van der Waals surface area (Å²) < 4.78 is 13.9. The van der Waals surface area contributed by atoms with Crippen LogP contribution in [0.25, 0.3) is 0 Å². The van der Waals surface area contributed by atoms with Crippen LogP contribution in [0.4, 0.5) is 14.9 Å². The first-order valence-electron chi connectivity index (χ1n) is 6.38. The Labute approximate surface area is 132 Å². The Morgan fingerprint density at radius 1 is 1.09 bits per heavy atom. The number of urea groups is 1. The minimum absolute atomic E-state index is 0.246. The van der Waals surface area contributed by atoms with Crippen molar-refractivity contribution < 1.29 is 14.0 Å². The lowest BCUT2D eigenvalue weighted by Gasteiger charge is -2.16. The molecule has 2 aromatic carbocycles. The summed E-state index contributed by atoms with van der Waals surface area (Å²) in [7, 11) is 0. The molecule has 114 valence electrons. The number of carbonyl (C=O) groups excluding carboxylic acids is 2. The predicted octanol–water partition coefficient (Wildman–Crippen LogP) is 2.49. The van der Waals surface area contributed by atoms with Gasteiger partial charge in [0.25, 0.3) is 0 Å². The molecule has 0 saturated carbocycles. The van der Waals surface area contributed by atoms with Gasteiger partial charge < -0.3 is 11.1 Å². The molecule has 0 fully saturated rings. The number of rotatable bonds is 4. The van der Waals surface area contributed by atoms with Crippen LogP contribution in [-0.2, 0) is 6.54 Å². The highest BCUT2D eigenvalue weighted by Gasteiger charge is 2.12. The number of halogens is 1. The molecule has 2 rings (SSSR count). The van der Waals surface area contributed by atoms with E-state index in [4.69, 9.17) is 5.73 Å². The van der Waals surface area contributed by atoms with Crippen LogP contribution in [0.5, 0.6) is 0 Å². The number of primary amides is 1. The Morgan fingerprint density at radius 3 is 2.23 bits per heavy atom. The molecule has 0 atom stereocenters. The molecule has 2 aromatic rings. The van der Waals surface area contributed by atoms with E-state index >= 15 is 0 Å². The van der Waals surface area contributed by atoms with Crippen LogP contribution in [0, 0.1) is 5.82 Å². The fourth-order valence-corrected chi connectivity index (χ4v) is 1.94. The zero-order valence-corrected chi connectivity index (χ0v) is 12.4. The summed E-state index contributed by atoms with van der Waals surface area (Å²) in [6.45, 7) is 0.246. The third-order valence-electron chi connectivity index (χ3n) is 2.95. The standard InChI is InChI=1S/C15H14FN3O2S/c16-12-5-1-10(2-6-12)9-18-15(21)19(22)13-7-3-11(4-8-13)14(17)20/h1-8,22H,9H2,(H2,17,20)(H,18,21). The van der Waals surface area contributed by atoms with Crippen molar-refractivity contribution in [3.8, 4) is 0 Å². The number of anilines is 1. The van der Waals surface area contributed by atoms with Gasteiger partial charge in [-0.3, -0.25) is 4.79 Å². The van der Waals surface area contributed by atoms with E-state index in [1.165, 1.54) is 24.3 Å². The first kappa shape index (κ1) is 15.8. The van der Waals surface area contributed by atoms with Gasteiger partial charge in [-0.2, -0.15) is 0 Å². The number of thiol groups is 1. The molecule has 0 spiro atoms. The normalized spacial score (nSPS) is 10.1. The van der Waals surface area contributed by atoms with Gasteiger partial charge in [0.2, 0.25) is 5.91 Å². The zero-order chi connectivity index (χ0) is 16.1. The first-order chi connectivity index (χ1) is 10.5. The number of nitrogens with zero attached hydrogens (tertiary/aromatic N) is 1. The lowest BCUT2D eigenvalue weighted by atomic mass is 10.2. The second kappa shape index (κ2) is 6.95. The van der Waals surface area contributed by atoms with Crippen molar-refractivity contribution in [1.29, 1.82) is 0 Å². The summed E-state index contributed by atoms with van der Waals surface area (Å²) in [5.41, 5.74) is 6.74. The van der Waals surface area contributed by atoms with Crippen molar-refractivity contribution in [3.63, 3.8) is 0 Å². The minimum Gasteiger partial charge on any atom is -0.366 e. The van der Waals surface area contributed by atoms with Crippen LogP contribution >= 0.6 is 12.8 Å². The molecule has 3 amide bonds. The molecule has 0 aliphatic heterocycles. The molecule has 0 aromatic heterocycles. The highest BCUT2D eigenvalue weighted by molar-refractivity contribution is 7.82. The maximum atomic E-state index is 12.8. The number of amides is 3. The van der Waals surface area contributed by atoms with Gasteiger partial charge in [0.15, 0.2) is 0 Å². The molecule has 0 radical (unpaired) electrons. The van der Waals surface area contributed by atoms with Crippen molar-refractivity contribution in [2.45, 2.75) is 6.54 Å². The molecule has 22 heavy (non-hydrogen) atoms. The second-order valence-corrected chi connectivity index (χ2v) is 4.91. The monoisotopic (exact) mass is 319 g/mol. The summed E-state index contributed by atoms with van der Waals surface area (Å²) in [6, 6.07) is 11.5. The van der Waals surface area contributed by atoms with E-state index in [2.05, 4.69) is 18.1 Å². The number of hydrogen-bond donors (Lipinski definition) is 3. The number of nitrogens with one attached hydrogen (secondary N) is 1. The Balaban J connectivity index is 1.96. The van der Waals surface area contributed by atoms with Gasteiger partial charge in [-0.15, -0.1) is 0 Å². The SMILES string of the molecule is NC(=O)c1ccc(N(S)C(=O)NCc2ccc(F)cc2)cc1. The average Bonchev–Trinajstić information content (AvgIpc) is 2.53. The molecule has 0 unspecified atom stereocenters. The molecule has 0 aliphatic carbocycles. The van der Waals surface area contributed by atoms with Gasteiger partial charge in [0, 0.05) is 12.1 Å². The summed E-state index contributed by atoms with van der Waals surface area (Å²) in [5.74, 6) is -0.876. The van der Waals surface area contributed by atoms with Gasteiger partial charge in [0.05, 0.1) is 5.69 Å². The van der Waals surface area contributed by atoms with E-state index in [1.54, 1.807) is 24.3 Å². The van der Waals surface area contributed by atoms with Crippen molar-refractivity contribution >= 4 is 30.4 Å².